The summed E-state index contributed by atoms with van der Waals surface area (Å²) in [5.41, 5.74) is 0.868. The molecule has 3 heteroatoms. The molecule has 0 aromatic carbocycles. The molecule has 4 fully saturated rings. The fourth-order valence-electron chi connectivity index (χ4n) is 9.47. The maximum atomic E-state index is 11.7. The lowest BCUT2D eigenvalue weighted by Crippen LogP contribution is -2.66. The molecule has 0 spiro atoms. The minimum atomic E-state index is -0.134. The third kappa shape index (κ3) is 2.81. The van der Waals surface area contributed by atoms with E-state index in [4.69, 9.17) is 4.74 Å². The zero-order valence-corrected chi connectivity index (χ0v) is 19.9. The van der Waals surface area contributed by atoms with Gasteiger partial charge in [-0.05, 0) is 91.3 Å². The lowest BCUT2D eigenvalue weighted by atomic mass is 9.33. The van der Waals surface area contributed by atoms with Crippen LogP contribution in [-0.4, -0.2) is 23.3 Å². The summed E-state index contributed by atoms with van der Waals surface area (Å²) in [6, 6.07) is 0. The second kappa shape index (κ2) is 6.71. The zero-order valence-electron chi connectivity index (χ0n) is 19.9. The van der Waals surface area contributed by atoms with Crippen molar-refractivity contribution in [3.63, 3.8) is 0 Å². The molecule has 0 unspecified atom stereocenters. The van der Waals surface area contributed by atoms with Crippen molar-refractivity contribution in [3.8, 4) is 0 Å². The van der Waals surface area contributed by atoms with Gasteiger partial charge in [0.25, 0.3) is 0 Å². The normalized spacial score (nSPS) is 53.9. The van der Waals surface area contributed by atoms with Crippen LogP contribution in [0.5, 0.6) is 0 Å². The maximum Gasteiger partial charge on any atom is 0.302 e. The SMILES string of the molecule is CC(=O)O[C@H]1CC[C@]2(C)[C@H]3CC[C@@H]4[C@H](O)[C@@H](C)CC[C@@]4(C)[C@]3(C)CC[C@H]2C1(C)C. The van der Waals surface area contributed by atoms with Crippen LogP contribution < -0.4 is 0 Å². The van der Waals surface area contributed by atoms with E-state index in [0.29, 0.717) is 34.5 Å². The van der Waals surface area contributed by atoms with E-state index in [0.717, 1.165) is 12.8 Å². The van der Waals surface area contributed by atoms with Crippen LogP contribution in [0.1, 0.15) is 99.8 Å². The standard InChI is InChI=1S/C26H44O3/c1-16-10-14-25(6)18(22(16)28)8-9-20-24(5)13-12-21(29-17(2)27)23(3,4)19(24)11-15-26(20,25)7/h16,18-22,28H,8-15H2,1-7H3/t16-,18+,19-,20+,21-,22+,24-,25+,26+/m0/s1. The van der Waals surface area contributed by atoms with Crippen molar-refractivity contribution in [2.75, 3.05) is 0 Å². The quantitative estimate of drug-likeness (QED) is 0.547. The average Bonchev–Trinajstić information content (AvgIpc) is 2.62. The minimum Gasteiger partial charge on any atom is -0.462 e. The van der Waals surface area contributed by atoms with E-state index < -0.39 is 0 Å². The number of aliphatic hydroxyl groups is 1. The highest BCUT2D eigenvalue weighted by molar-refractivity contribution is 5.66. The largest absolute Gasteiger partial charge is 0.462 e. The first kappa shape index (κ1) is 21.7. The third-order valence-electron chi connectivity index (χ3n) is 11.3. The van der Waals surface area contributed by atoms with Crippen molar-refractivity contribution in [1.29, 1.82) is 0 Å². The van der Waals surface area contributed by atoms with E-state index in [1.165, 1.54) is 38.5 Å². The zero-order chi connectivity index (χ0) is 21.4. The first-order valence-corrected chi connectivity index (χ1v) is 12.2. The monoisotopic (exact) mass is 404 g/mol. The highest BCUT2D eigenvalue weighted by atomic mass is 16.5. The van der Waals surface area contributed by atoms with Gasteiger partial charge in [-0.25, -0.2) is 0 Å². The van der Waals surface area contributed by atoms with Crippen LogP contribution in [0.4, 0.5) is 0 Å². The smallest absolute Gasteiger partial charge is 0.302 e. The Balaban J connectivity index is 1.68. The molecule has 0 radical (unpaired) electrons. The fourth-order valence-corrected chi connectivity index (χ4v) is 9.47. The van der Waals surface area contributed by atoms with Crippen LogP contribution >= 0.6 is 0 Å². The lowest BCUT2D eigenvalue weighted by Gasteiger charge is -2.71. The summed E-state index contributed by atoms with van der Waals surface area (Å²) in [5, 5.41) is 11.1. The predicted molar refractivity (Wildman–Crippen MR) is 116 cm³/mol. The van der Waals surface area contributed by atoms with E-state index in [9.17, 15) is 9.90 Å². The lowest BCUT2D eigenvalue weighted by molar-refractivity contribution is -0.248. The van der Waals surface area contributed by atoms with Crippen LogP contribution in [0.25, 0.3) is 0 Å². The summed E-state index contributed by atoms with van der Waals surface area (Å²) < 4.78 is 5.82. The number of ether oxygens (including phenoxy) is 1. The first-order chi connectivity index (χ1) is 13.4. The van der Waals surface area contributed by atoms with Gasteiger partial charge in [0.1, 0.15) is 6.10 Å². The van der Waals surface area contributed by atoms with Crippen molar-refractivity contribution >= 4 is 5.97 Å². The second-order valence-corrected chi connectivity index (χ2v) is 12.6. The Morgan fingerprint density at radius 1 is 0.862 bits per heavy atom. The van der Waals surface area contributed by atoms with Crippen molar-refractivity contribution in [2.24, 2.45) is 45.3 Å². The molecule has 0 heterocycles. The van der Waals surface area contributed by atoms with Gasteiger partial charge >= 0.3 is 5.97 Å². The minimum absolute atomic E-state index is 0.0261. The van der Waals surface area contributed by atoms with E-state index >= 15 is 0 Å². The fraction of sp³-hybridized carbons (Fsp3) is 0.962. The molecule has 1 N–H and O–H groups in total. The van der Waals surface area contributed by atoms with Gasteiger partial charge in [0.2, 0.25) is 0 Å². The molecule has 0 aromatic rings. The van der Waals surface area contributed by atoms with E-state index in [-0.39, 0.29) is 29.0 Å². The molecule has 29 heavy (non-hydrogen) atoms. The van der Waals surface area contributed by atoms with Gasteiger partial charge in [0.15, 0.2) is 0 Å². The number of aliphatic hydroxyl groups excluding tert-OH is 1. The average molecular weight is 405 g/mol. The van der Waals surface area contributed by atoms with Gasteiger partial charge in [-0.2, -0.15) is 0 Å². The third-order valence-corrected chi connectivity index (χ3v) is 11.3. The van der Waals surface area contributed by atoms with Crippen molar-refractivity contribution in [2.45, 2.75) is 112 Å². The Hall–Kier alpha value is -0.570. The Labute approximate surface area is 178 Å². The van der Waals surface area contributed by atoms with E-state index in [1.807, 2.05) is 0 Å². The van der Waals surface area contributed by atoms with Gasteiger partial charge < -0.3 is 9.84 Å². The predicted octanol–water partition coefficient (Wildman–Crippen LogP) is 5.98. The summed E-state index contributed by atoms with van der Waals surface area (Å²) in [4.78, 5) is 11.7. The molecule has 3 nitrogen and oxygen atoms in total. The number of hydrogen-bond acceptors (Lipinski definition) is 3. The van der Waals surface area contributed by atoms with Crippen LogP contribution in [-0.2, 0) is 9.53 Å². The number of carbonyl (C=O) groups is 1. The van der Waals surface area contributed by atoms with Gasteiger partial charge in [0.05, 0.1) is 6.10 Å². The van der Waals surface area contributed by atoms with Crippen molar-refractivity contribution in [1.82, 2.24) is 0 Å². The molecule has 4 aliphatic carbocycles. The Morgan fingerprint density at radius 2 is 1.52 bits per heavy atom. The Kier molecular flexibility index (Phi) is 5.01. The summed E-state index contributed by atoms with van der Waals surface area (Å²) in [5.74, 6) is 2.06. The summed E-state index contributed by atoms with van der Waals surface area (Å²) >= 11 is 0. The molecule has 4 saturated carbocycles. The van der Waals surface area contributed by atoms with Crippen molar-refractivity contribution < 1.29 is 14.6 Å². The van der Waals surface area contributed by atoms with E-state index in [2.05, 4.69) is 41.5 Å². The molecular weight excluding hydrogens is 360 g/mol. The molecule has 9 atom stereocenters. The number of esters is 1. The molecule has 0 saturated heterocycles. The van der Waals surface area contributed by atoms with Crippen LogP contribution in [0, 0.1) is 45.3 Å². The molecular formula is C26H44O3. The summed E-state index contributed by atoms with van der Waals surface area (Å²) in [7, 11) is 0. The van der Waals surface area contributed by atoms with Gasteiger partial charge in [0, 0.05) is 12.3 Å². The topological polar surface area (TPSA) is 46.5 Å². The highest BCUT2D eigenvalue weighted by Crippen LogP contribution is 2.74. The Morgan fingerprint density at radius 3 is 2.17 bits per heavy atom. The second-order valence-electron chi connectivity index (χ2n) is 12.6. The molecule has 0 aliphatic heterocycles. The molecule has 0 bridgehead atoms. The first-order valence-electron chi connectivity index (χ1n) is 12.2. The summed E-state index contributed by atoms with van der Waals surface area (Å²) in [6.45, 7) is 16.2. The molecule has 0 aromatic heterocycles. The van der Waals surface area contributed by atoms with Gasteiger partial charge in [-0.15, -0.1) is 0 Å². The van der Waals surface area contributed by atoms with Crippen molar-refractivity contribution in [3.05, 3.63) is 0 Å². The molecule has 4 rings (SSSR count). The number of rotatable bonds is 1. The van der Waals surface area contributed by atoms with Crippen LogP contribution in [0.15, 0.2) is 0 Å². The highest BCUT2D eigenvalue weighted by Gasteiger charge is 2.68. The number of fused-ring (bicyclic) bond motifs is 5. The Bertz CT molecular complexity index is 671. The number of carbonyl (C=O) groups excluding carboxylic acids is 1. The molecule has 4 aliphatic rings. The number of hydrogen-bond donors (Lipinski definition) is 1. The van der Waals surface area contributed by atoms with E-state index in [1.54, 1.807) is 6.92 Å². The van der Waals surface area contributed by atoms with Crippen LogP contribution in [0.2, 0.25) is 0 Å². The van der Waals surface area contributed by atoms with Gasteiger partial charge in [-0.3, -0.25) is 4.79 Å². The van der Waals surface area contributed by atoms with Gasteiger partial charge in [-0.1, -0.05) is 41.5 Å². The molecule has 0 amide bonds. The maximum absolute atomic E-state index is 11.7. The van der Waals surface area contributed by atoms with Crippen LogP contribution in [0.3, 0.4) is 0 Å². The summed E-state index contributed by atoms with van der Waals surface area (Å²) in [6.07, 6.45) is 9.41. The molecule has 166 valence electrons.